The van der Waals surface area contributed by atoms with Crippen molar-refractivity contribution in [2.75, 3.05) is 13.2 Å². The van der Waals surface area contributed by atoms with Crippen molar-refractivity contribution in [3.05, 3.63) is 29.6 Å². The van der Waals surface area contributed by atoms with Gasteiger partial charge in [-0.05, 0) is 19.1 Å². The first kappa shape index (κ1) is 14.3. The number of carboxylic acid groups (broad SMARTS) is 1. The Hall–Kier alpha value is -2.15. The molecule has 1 aromatic carbocycles. The highest BCUT2D eigenvalue weighted by atomic mass is 19.1. The van der Waals surface area contributed by atoms with Gasteiger partial charge in [-0.25, -0.2) is 4.39 Å². The van der Waals surface area contributed by atoms with Gasteiger partial charge in [0.1, 0.15) is 22.5 Å². The van der Waals surface area contributed by atoms with Gasteiger partial charge in [0.15, 0.2) is 0 Å². The third kappa shape index (κ3) is 2.32. The lowest BCUT2D eigenvalue weighted by Gasteiger charge is -2.25. The Kier molecular flexibility index (Phi) is 3.63. The second-order valence-electron chi connectivity index (χ2n) is 4.90. The molecular formula is C13H14FNO5. The lowest BCUT2D eigenvalue weighted by molar-refractivity contribution is -0.148. The number of ether oxygens (including phenoxy) is 1. The van der Waals surface area contributed by atoms with Gasteiger partial charge >= 0.3 is 5.97 Å². The first-order valence-corrected chi connectivity index (χ1v) is 5.95. The molecule has 7 heteroatoms. The highest BCUT2D eigenvalue weighted by Gasteiger charge is 2.47. The SMILES string of the molecule is CC1(C(=O)O)COCC1NC(=O)c1c(O)cccc1F. The van der Waals surface area contributed by atoms with E-state index in [4.69, 9.17) is 4.74 Å². The highest BCUT2D eigenvalue weighted by Crippen LogP contribution is 2.29. The van der Waals surface area contributed by atoms with Gasteiger partial charge in [-0.3, -0.25) is 9.59 Å². The van der Waals surface area contributed by atoms with E-state index in [9.17, 15) is 24.2 Å². The van der Waals surface area contributed by atoms with Crippen molar-refractivity contribution < 1.29 is 28.9 Å². The lowest BCUT2D eigenvalue weighted by atomic mass is 9.85. The van der Waals surface area contributed by atoms with Crippen molar-refractivity contribution in [3.63, 3.8) is 0 Å². The molecule has 1 aromatic rings. The summed E-state index contributed by atoms with van der Waals surface area (Å²) in [5, 5.41) is 21.1. The zero-order chi connectivity index (χ0) is 14.9. The molecular weight excluding hydrogens is 269 g/mol. The van der Waals surface area contributed by atoms with Crippen LogP contribution in [0.3, 0.4) is 0 Å². The van der Waals surface area contributed by atoms with Crippen molar-refractivity contribution in [1.82, 2.24) is 5.32 Å². The summed E-state index contributed by atoms with van der Waals surface area (Å²) in [6, 6.07) is 2.68. The molecule has 1 saturated heterocycles. The number of phenols is 1. The second kappa shape index (κ2) is 5.09. The van der Waals surface area contributed by atoms with Gasteiger partial charge in [0, 0.05) is 0 Å². The molecule has 108 valence electrons. The fourth-order valence-corrected chi connectivity index (χ4v) is 2.05. The zero-order valence-corrected chi connectivity index (χ0v) is 10.7. The van der Waals surface area contributed by atoms with Gasteiger partial charge in [-0.1, -0.05) is 6.07 Å². The average Bonchev–Trinajstić information content (AvgIpc) is 2.72. The number of aromatic hydroxyl groups is 1. The largest absolute Gasteiger partial charge is 0.507 e. The molecule has 20 heavy (non-hydrogen) atoms. The Morgan fingerprint density at radius 3 is 2.80 bits per heavy atom. The first-order chi connectivity index (χ1) is 9.36. The number of phenolic OH excluding ortho intramolecular Hbond substituents is 1. The van der Waals surface area contributed by atoms with E-state index in [0.717, 1.165) is 6.07 Å². The van der Waals surface area contributed by atoms with Crippen molar-refractivity contribution in [3.8, 4) is 5.75 Å². The molecule has 1 fully saturated rings. The normalized spacial score (nSPS) is 25.4. The number of hydrogen-bond acceptors (Lipinski definition) is 4. The highest BCUT2D eigenvalue weighted by molar-refractivity contribution is 5.97. The molecule has 0 aromatic heterocycles. The van der Waals surface area contributed by atoms with Gasteiger partial charge in [0.05, 0.1) is 19.3 Å². The van der Waals surface area contributed by atoms with Gasteiger partial charge < -0.3 is 20.3 Å². The summed E-state index contributed by atoms with van der Waals surface area (Å²) in [7, 11) is 0. The number of carbonyl (C=O) groups excluding carboxylic acids is 1. The topological polar surface area (TPSA) is 95.9 Å². The van der Waals surface area contributed by atoms with Crippen LogP contribution in [0.4, 0.5) is 4.39 Å². The number of carboxylic acids is 1. The summed E-state index contributed by atoms with van der Waals surface area (Å²) in [6.07, 6.45) is 0. The molecule has 0 bridgehead atoms. The zero-order valence-electron chi connectivity index (χ0n) is 10.7. The fraction of sp³-hybridized carbons (Fsp3) is 0.385. The van der Waals surface area contributed by atoms with Crippen molar-refractivity contribution in [1.29, 1.82) is 0 Å². The van der Waals surface area contributed by atoms with Gasteiger partial charge in [-0.15, -0.1) is 0 Å². The minimum absolute atomic E-state index is 0.0176. The summed E-state index contributed by atoms with van der Waals surface area (Å²) in [5.74, 6) is -3.36. The van der Waals surface area contributed by atoms with Crippen LogP contribution in [-0.2, 0) is 9.53 Å². The number of benzene rings is 1. The standard InChI is InChI=1S/C13H14FNO5/c1-13(12(18)19)6-20-5-9(13)15-11(17)10-7(14)3-2-4-8(10)16/h2-4,9,16H,5-6H2,1H3,(H,15,17)(H,18,19). The Morgan fingerprint density at radius 2 is 2.20 bits per heavy atom. The molecule has 2 atom stereocenters. The molecule has 1 amide bonds. The van der Waals surface area contributed by atoms with Crippen LogP contribution in [0, 0.1) is 11.2 Å². The summed E-state index contributed by atoms with van der Waals surface area (Å²) < 4.78 is 18.6. The molecule has 3 N–H and O–H groups in total. The van der Waals surface area contributed by atoms with E-state index in [1.165, 1.54) is 19.1 Å². The number of hydrogen-bond donors (Lipinski definition) is 3. The van der Waals surface area contributed by atoms with Crippen LogP contribution in [0.2, 0.25) is 0 Å². The Morgan fingerprint density at radius 1 is 1.50 bits per heavy atom. The number of rotatable bonds is 3. The molecule has 0 spiro atoms. The molecule has 0 aliphatic carbocycles. The van der Waals surface area contributed by atoms with E-state index >= 15 is 0 Å². The maximum absolute atomic E-state index is 13.6. The number of carbonyl (C=O) groups is 2. The third-order valence-electron chi connectivity index (χ3n) is 3.47. The van der Waals surface area contributed by atoms with E-state index in [2.05, 4.69) is 5.32 Å². The van der Waals surface area contributed by atoms with Crippen LogP contribution in [0.5, 0.6) is 5.75 Å². The van der Waals surface area contributed by atoms with Crippen LogP contribution < -0.4 is 5.32 Å². The van der Waals surface area contributed by atoms with Crippen molar-refractivity contribution in [2.24, 2.45) is 5.41 Å². The summed E-state index contributed by atoms with van der Waals surface area (Å²) in [5.41, 5.74) is -1.79. The van der Waals surface area contributed by atoms with E-state index in [0.29, 0.717) is 0 Å². The number of amides is 1. The molecule has 2 unspecified atom stereocenters. The molecule has 6 nitrogen and oxygen atoms in total. The molecule has 2 rings (SSSR count). The third-order valence-corrected chi connectivity index (χ3v) is 3.47. The van der Waals surface area contributed by atoms with Crippen molar-refractivity contribution in [2.45, 2.75) is 13.0 Å². The fourth-order valence-electron chi connectivity index (χ4n) is 2.05. The predicted molar refractivity (Wildman–Crippen MR) is 65.9 cm³/mol. The second-order valence-corrected chi connectivity index (χ2v) is 4.90. The molecule has 0 saturated carbocycles. The van der Waals surface area contributed by atoms with Crippen molar-refractivity contribution >= 4 is 11.9 Å². The number of halogens is 1. The Balaban J connectivity index is 2.22. The van der Waals surface area contributed by atoms with Crippen LogP contribution in [0.25, 0.3) is 0 Å². The quantitative estimate of drug-likeness (QED) is 0.760. The monoisotopic (exact) mass is 283 g/mol. The van der Waals surface area contributed by atoms with E-state index in [1.807, 2.05) is 0 Å². The molecule has 1 aliphatic rings. The smallest absolute Gasteiger partial charge is 0.313 e. The molecule has 1 aliphatic heterocycles. The van der Waals surface area contributed by atoms with Crippen LogP contribution in [0.1, 0.15) is 17.3 Å². The van der Waals surface area contributed by atoms with Gasteiger partial charge in [0.2, 0.25) is 0 Å². The summed E-state index contributed by atoms with van der Waals surface area (Å²) >= 11 is 0. The average molecular weight is 283 g/mol. The number of aliphatic carboxylic acids is 1. The van der Waals surface area contributed by atoms with E-state index < -0.39 is 40.5 Å². The summed E-state index contributed by atoms with van der Waals surface area (Å²) in [6.45, 7) is 1.41. The van der Waals surface area contributed by atoms with Crippen LogP contribution >= 0.6 is 0 Å². The van der Waals surface area contributed by atoms with E-state index in [1.54, 1.807) is 0 Å². The van der Waals surface area contributed by atoms with Gasteiger partial charge in [0.25, 0.3) is 5.91 Å². The maximum atomic E-state index is 13.6. The van der Waals surface area contributed by atoms with E-state index in [-0.39, 0.29) is 13.2 Å². The predicted octanol–water partition coefficient (Wildman–Crippen LogP) is 0.751. The Bertz CT molecular complexity index is 541. The minimum Gasteiger partial charge on any atom is -0.507 e. The summed E-state index contributed by atoms with van der Waals surface area (Å²) in [4.78, 5) is 23.2. The van der Waals surface area contributed by atoms with Crippen LogP contribution in [0.15, 0.2) is 18.2 Å². The first-order valence-electron chi connectivity index (χ1n) is 5.95. The van der Waals surface area contributed by atoms with Gasteiger partial charge in [-0.2, -0.15) is 0 Å². The number of nitrogens with one attached hydrogen (secondary N) is 1. The molecule has 0 radical (unpaired) electrons. The minimum atomic E-state index is -1.28. The Labute approximate surface area is 114 Å². The molecule has 1 heterocycles. The maximum Gasteiger partial charge on any atom is 0.313 e. The lowest BCUT2D eigenvalue weighted by Crippen LogP contribution is -2.49. The van der Waals surface area contributed by atoms with Crippen LogP contribution in [-0.4, -0.2) is 41.3 Å².